The van der Waals surface area contributed by atoms with E-state index in [1.165, 1.54) is 21.6 Å². The fraction of sp³-hybridized carbons (Fsp3) is 0.605. The van der Waals surface area contributed by atoms with Crippen molar-refractivity contribution in [3.05, 3.63) is 41.5 Å². The van der Waals surface area contributed by atoms with E-state index in [0.717, 1.165) is 43.4 Å². The average molecular weight is 751 g/mol. The molecule has 0 aromatic heterocycles. The van der Waals surface area contributed by atoms with Gasteiger partial charge in [0.15, 0.2) is 0 Å². The summed E-state index contributed by atoms with van der Waals surface area (Å²) in [6, 6.07) is 7.93. The Bertz CT molecular complexity index is 1610. The minimum Gasteiger partial charge on any atom is -0.444 e. The molecule has 2 aromatic rings. The number of ether oxygens (including phenoxy) is 3. The van der Waals surface area contributed by atoms with Crippen LogP contribution in [0.15, 0.2) is 40.1 Å². The van der Waals surface area contributed by atoms with E-state index in [2.05, 4.69) is 10.6 Å². The van der Waals surface area contributed by atoms with Crippen LogP contribution in [-0.4, -0.2) is 66.2 Å². The summed E-state index contributed by atoms with van der Waals surface area (Å²) in [5, 5.41) is 5.76. The first-order valence-electron chi connectivity index (χ1n) is 17.8. The van der Waals surface area contributed by atoms with Crippen LogP contribution in [-0.2, 0) is 20.4 Å². The van der Waals surface area contributed by atoms with E-state index < -0.39 is 46.8 Å². The predicted octanol–water partition coefficient (Wildman–Crippen LogP) is 10.5. The fourth-order valence-corrected chi connectivity index (χ4v) is 7.16. The second-order valence-corrected chi connectivity index (χ2v) is 17.3. The highest BCUT2D eigenvalue weighted by atomic mass is 32.2. The number of carbonyl (C=O) groups excluding carboxylic acids is 3. The predicted molar refractivity (Wildman–Crippen MR) is 197 cm³/mol. The number of nitrogens with one attached hydrogen (secondary N) is 2. The van der Waals surface area contributed by atoms with Crippen molar-refractivity contribution in [3.8, 4) is 0 Å². The van der Waals surface area contributed by atoms with E-state index in [-0.39, 0.29) is 42.4 Å². The Balaban J connectivity index is 1.61. The molecule has 1 aliphatic heterocycles. The highest BCUT2D eigenvalue weighted by Crippen LogP contribution is 2.54. The van der Waals surface area contributed by atoms with Crippen molar-refractivity contribution in [1.29, 1.82) is 0 Å². The molecule has 3 amide bonds. The van der Waals surface area contributed by atoms with Gasteiger partial charge in [-0.2, -0.15) is 13.2 Å². The van der Waals surface area contributed by atoms with Gasteiger partial charge in [-0.15, -0.1) is 0 Å². The number of rotatable bonds is 9. The standard InChI is InChI=1S/C38H53F3N4O6S/c1-35(2,3)49-32(46)43-18-20-44(33(47)50-36(4,5)6)19-12-17-42-27-22-26(38(39,40)41)23-30-31(27)45(34(48)51-37(7,8)9)28-16-15-25(21-29(28)52-30)24-13-10-11-14-24/h15-16,21-24,42H,10-14,17-20H2,1-9H3,(H,43,46). The number of alkyl carbamates (subject to hydrolysis) is 1. The fourth-order valence-electron chi connectivity index (χ4n) is 5.98. The average Bonchev–Trinajstić information content (AvgIpc) is 3.52. The molecule has 2 aliphatic rings. The number of alkyl halides is 3. The van der Waals surface area contributed by atoms with Gasteiger partial charge in [0.1, 0.15) is 16.8 Å². The van der Waals surface area contributed by atoms with Crippen LogP contribution in [0, 0.1) is 0 Å². The first-order valence-corrected chi connectivity index (χ1v) is 18.6. The van der Waals surface area contributed by atoms with Gasteiger partial charge in [0, 0.05) is 36.0 Å². The molecular weight excluding hydrogens is 698 g/mol. The minimum atomic E-state index is -4.65. The van der Waals surface area contributed by atoms with Crippen LogP contribution in [0.3, 0.4) is 0 Å². The molecule has 0 radical (unpaired) electrons. The Morgan fingerprint density at radius 3 is 2.06 bits per heavy atom. The molecule has 1 saturated carbocycles. The Morgan fingerprint density at radius 2 is 1.46 bits per heavy atom. The summed E-state index contributed by atoms with van der Waals surface area (Å²) in [6.45, 7) is 16.2. The van der Waals surface area contributed by atoms with Gasteiger partial charge in [-0.1, -0.05) is 30.7 Å². The Labute approximate surface area is 309 Å². The number of amides is 3. The van der Waals surface area contributed by atoms with Crippen LogP contribution in [0.5, 0.6) is 0 Å². The summed E-state index contributed by atoms with van der Waals surface area (Å²) in [6.07, 6.45) is -1.93. The third kappa shape index (κ3) is 11.6. The molecule has 1 aliphatic carbocycles. The van der Waals surface area contributed by atoms with E-state index in [4.69, 9.17) is 14.2 Å². The summed E-state index contributed by atoms with van der Waals surface area (Å²) >= 11 is 1.20. The lowest BCUT2D eigenvalue weighted by molar-refractivity contribution is -0.137. The van der Waals surface area contributed by atoms with Crippen LogP contribution in [0.1, 0.15) is 111 Å². The molecule has 288 valence electrons. The first-order chi connectivity index (χ1) is 24.0. The molecule has 0 saturated heterocycles. The van der Waals surface area contributed by atoms with Crippen molar-refractivity contribution in [2.75, 3.05) is 36.4 Å². The van der Waals surface area contributed by atoms with Gasteiger partial charge < -0.3 is 29.7 Å². The van der Waals surface area contributed by atoms with Gasteiger partial charge in [-0.05, 0) is 117 Å². The molecule has 1 fully saturated rings. The Morgan fingerprint density at radius 1 is 0.827 bits per heavy atom. The van der Waals surface area contributed by atoms with Crippen molar-refractivity contribution in [2.24, 2.45) is 0 Å². The Hall–Kier alpha value is -3.81. The third-order valence-corrected chi connectivity index (χ3v) is 9.17. The largest absolute Gasteiger partial charge is 0.444 e. The lowest BCUT2D eigenvalue weighted by Gasteiger charge is -2.35. The maximum atomic E-state index is 14.3. The van der Waals surface area contributed by atoms with E-state index in [9.17, 15) is 27.6 Å². The molecule has 2 aromatic carbocycles. The van der Waals surface area contributed by atoms with Crippen molar-refractivity contribution >= 4 is 47.1 Å². The molecule has 14 heteroatoms. The minimum absolute atomic E-state index is 0.0899. The normalized spacial score (nSPS) is 15.0. The number of hydrogen-bond acceptors (Lipinski definition) is 8. The monoisotopic (exact) mass is 750 g/mol. The summed E-state index contributed by atoms with van der Waals surface area (Å²) in [7, 11) is 0. The van der Waals surface area contributed by atoms with Crippen LogP contribution in [0.4, 0.5) is 44.6 Å². The van der Waals surface area contributed by atoms with Gasteiger partial charge in [-0.3, -0.25) is 0 Å². The molecule has 52 heavy (non-hydrogen) atoms. The number of hydrogen-bond donors (Lipinski definition) is 2. The quantitative estimate of drug-likeness (QED) is 0.193. The molecule has 2 N–H and O–H groups in total. The summed E-state index contributed by atoms with van der Waals surface area (Å²) in [4.78, 5) is 42.9. The topological polar surface area (TPSA) is 109 Å². The molecule has 4 rings (SSSR count). The summed E-state index contributed by atoms with van der Waals surface area (Å²) < 4.78 is 59.6. The number of carbonyl (C=O) groups is 3. The van der Waals surface area contributed by atoms with Gasteiger partial charge >= 0.3 is 24.5 Å². The number of benzene rings is 2. The maximum absolute atomic E-state index is 14.3. The van der Waals surface area contributed by atoms with Gasteiger partial charge in [-0.25, -0.2) is 19.3 Å². The molecule has 0 unspecified atom stereocenters. The van der Waals surface area contributed by atoms with Crippen LogP contribution in [0.2, 0.25) is 0 Å². The second-order valence-electron chi connectivity index (χ2n) is 16.2. The molecule has 0 spiro atoms. The summed E-state index contributed by atoms with van der Waals surface area (Å²) in [5.74, 6) is 0.370. The third-order valence-electron chi connectivity index (χ3n) is 8.10. The maximum Gasteiger partial charge on any atom is 0.419 e. The molecule has 1 heterocycles. The van der Waals surface area contributed by atoms with E-state index in [1.807, 2.05) is 18.2 Å². The van der Waals surface area contributed by atoms with E-state index in [1.54, 1.807) is 62.3 Å². The molecule has 0 bridgehead atoms. The first kappa shape index (κ1) is 41.0. The van der Waals surface area contributed by atoms with Gasteiger partial charge in [0.25, 0.3) is 0 Å². The van der Waals surface area contributed by atoms with E-state index in [0.29, 0.717) is 22.9 Å². The zero-order valence-corrected chi connectivity index (χ0v) is 32.5. The van der Waals surface area contributed by atoms with Crippen molar-refractivity contribution in [2.45, 2.75) is 133 Å². The van der Waals surface area contributed by atoms with Crippen LogP contribution in [0.25, 0.3) is 0 Å². The smallest absolute Gasteiger partial charge is 0.419 e. The molecule has 0 atom stereocenters. The Kier molecular flexibility index (Phi) is 12.6. The number of anilines is 3. The van der Waals surface area contributed by atoms with Gasteiger partial charge in [0.05, 0.1) is 22.6 Å². The SMILES string of the molecule is CC(C)(C)OC(=O)NCCN(CCCNc1cc(C(F)(F)F)cc2c1N(C(=O)OC(C)(C)C)c1ccc(C3CCCC3)cc1S2)C(=O)OC(C)(C)C. The van der Waals surface area contributed by atoms with Crippen molar-refractivity contribution in [3.63, 3.8) is 0 Å². The van der Waals surface area contributed by atoms with Crippen molar-refractivity contribution < 1.29 is 41.8 Å². The lowest BCUT2D eigenvalue weighted by atomic mass is 9.97. The van der Waals surface area contributed by atoms with Crippen LogP contribution < -0.4 is 15.5 Å². The highest BCUT2D eigenvalue weighted by Gasteiger charge is 2.38. The summed E-state index contributed by atoms with van der Waals surface area (Å²) in [5.41, 5.74) is -1.19. The van der Waals surface area contributed by atoms with E-state index >= 15 is 0 Å². The number of nitrogens with zero attached hydrogens (tertiary/aromatic N) is 2. The zero-order chi connectivity index (χ0) is 38.6. The highest BCUT2D eigenvalue weighted by molar-refractivity contribution is 7.99. The molecule has 10 nitrogen and oxygen atoms in total. The molecular formula is C38H53F3N4O6S. The van der Waals surface area contributed by atoms with Gasteiger partial charge in [0.2, 0.25) is 0 Å². The number of fused-ring (bicyclic) bond motifs is 2. The lowest BCUT2D eigenvalue weighted by Crippen LogP contribution is -2.43. The van der Waals surface area contributed by atoms with Crippen molar-refractivity contribution in [1.82, 2.24) is 10.2 Å². The van der Waals surface area contributed by atoms with Crippen LogP contribution >= 0.6 is 11.8 Å². The number of halogens is 3. The zero-order valence-electron chi connectivity index (χ0n) is 31.7. The second kappa shape index (κ2) is 16.1.